The van der Waals surface area contributed by atoms with Gasteiger partial charge in [0, 0.05) is 13.6 Å². The topological polar surface area (TPSA) is 57.6 Å². The molecule has 1 heterocycles. The van der Waals surface area contributed by atoms with Gasteiger partial charge >= 0.3 is 5.97 Å². The normalized spacial score (nSPS) is 12.1. The Bertz CT molecular complexity index is 378. The Morgan fingerprint density at radius 3 is 2.82 bits per heavy atom. The number of carbonyl (C=O) groups excluding carboxylic acids is 1. The fourth-order valence-electron chi connectivity index (χ4n) is 1.18. The maximum Gasteiger partial charge on any atom is 0.308 e. The van der Waals surface area contributed by atoms with Crippen molar-refractivity contribution in [3.8, 4) is 0 Å². The van der Waals surface area contributed by atoms with Crippen molar-refractivity contribution in [3.05, 3.63) is 17.5 Å². The Labute approximate surface area is 109 Å². The zero-order valence-corrected chi connectivity index (χ0v) is 11.4. The van der Waals surface area contributed by atoms with E-state index < -0.39 is 11.9 Å². The van der Waals surface area contributed by atoms with Gasteiger partial charge < -0.3 is 10.0 Å². The summed E-state index contributed by atoms with van der Waals surface area (Å²) in [5.41, 5.74) is 0. The van der Waals surface area contributed by atoms with E-state index in [1.54, 1.807) is 25.3 Å². The lowest BCUT2D eigenvalue weighted by Crippen LogP contribution is -2.34. The highest BCUT2D eigenvalue weighted by Crippen LogP contribution is 2.23. The molecule has 1 N–H and O–H groups in total. The molecular formula is C11H15NO3S2. The van der Waals surface area contributed by atoms with Crippen molar-refractivity contribution >= 4 is 35.0 Å². The summed E-state index contributed by atoms with van der Waals surface area (Å²) in [6.07, 6.45) is 0. The predicted molar refractivity (Wildman–Crippen MR) is 69.5 cm³/mol. The molecule has 0 fully saturated rings. The molecule has 0 aliphatic rings. The van der Waals surface area contributed by atoms with Crippen LogP contribution in [0.1, 0.15) is 6.92 Å². The molecule has 0 bridgehead atoms. The Morgan fingerprint density at radius 1 is 1.59 bits per heavy atom. The Morgan fingerprint density at radius 2 is 2.29 bits per heavy atom. The summed E-state index contributed by atoms with van der Waals surface area (Å²) in [6, 6.07) is 3.90. The number of aliphatic carboxylic acids is 1. The Balaban J connectivity index is 2.34. The maximum absolute atomic E-state index is 11.7. The van der Waals surface area contributed by atoms with E-state index in [-0.39, 0.29) is 12.5 Å². The van der Waals surface area contributed by atoms with Crippen molar-refractivity contribution < 1.29 is 14.7 Å². The third-order valence-corrected chi connectivity index (χ3v) is 4.34. The van der Waals surface area contributed by atoms with Crippen LogP contribution in [0.4, 0.5) is 0 Å². The number of thiophene rings is 1. The monoisotopic (exact) mass is 273 g/mol. The summed E-state index contributed by atoms with van der Waals surface area (Å²) in [6.45, 7) is 1.84. The van der Waals surface area contributed by atoms with Gasteiger partial charge in [0.1, 0.15) is 0 Å². The van der Waals surface area contributed by atoms with E-state index in [9.17, 15) is 9.59 Å². The van der Waals surface area contributed by atoms with Crippen LogP contribution in [0.15, 0.2) is 21.7 Å². The zero-order valence-electron chi connectivity index (χ0n) is 9.75. The van der Waals surface area contributed by atoms with E-state index in [1.807, 2.05) is 17.5 Å². The highest BCUT2D eigenvalue weighted by atomic mass is 32.2. The van der Waals surface area contributed by atoms with E-state index in [2.05, 4.69) is 0 Å². The second-order valence-corrected chi connectivity index (χ2v) is 5.96. The molecule has 0 aromatic carbocycles. The van der Waals surface area contributed by atoms with E-state index in [0.717, 1.165) is 4.21 Å². The Hall–Kier alpha value is -1.01. The van der Waals surface area contributed by atoms with Crippen LogP contribution in [-0.2, 0) is 9.59 Å². The van der Waals surface area contributed by atoms with Crippen LogP contribution < -0.4 is 0 Å². The third-order valence-electron chi connectivity index (χ3n) is 2.23. The highest BCUT2D eigenvalue weighted by Gasteiger charge is 2.17. The molecule has 1 unspecified atom stereocenters. The average molecular weight is 273 g/mol. The quantitative estimate of drug-likeness (QED) is 0.806. The maximum atomic E-state index is 11.7. The minimum atomic E-state index is -0.879. The van der Waals surface area contributed by atoms with E-state index in [4.69, 9.17) is 5.11 Å². The molecule has 6 heteroatoms. The van der Waals surface area contributed by atoms with Crippen molar-refractivity contribution in [2.24, 2.45) is 5.92 Å². The predicted octanol–water partition coefficient (Wildman–Crippen LogP) is 2.02. The number of carbonyl (C=O) groups is 2. The molecule has 94 valence electrons. The molecule has 17 heavy (non-hydrogen) atoms. The van der Waals surface area contributed by atoms with E-state index >= 15 is 0 Å². The largest absolute Gasteiger partial charge is 0.481 e. The van der Waals surface area contributed by atoms with Crippen LogP contribution in [0.5, 0.6) is 0 Å². The second kappa shape index (κ2) is 6.66. The molecule has 0 spiro atoms. The third kappa shape index (κ3) is 4.79. The lowest BCUT2D eigenvalue weighted by Gasteiger charge is -2.19. The average Bonchev–Trinajstić information content (AvgIpc) is 2.78. The molecule has 1 aromatic rings. The van der Waals surface area contributed by atoms with Gasteiger partial charge in [0.2, 0.25) is 5.91 Å². The first kappa shape index (κ1) is 14.1. The van der Waals surface area contributed by atoms with Gasteiger partial charge in [0.15, 0.2) is 0 Å². The number of nitrogens with zero attached hydrogens (tertiary/aromatic N) is 1. The van der Waals surface area contributed by atoms with E-state index in [1.165, 1.54) is 16.7 Å². The summed E-state index contributed by atoms with van der Waals surface area (Å²) in [7, 11) is 1.64. The van der Waals surface area contributed by atoms with Crippen molar-refractivity contribution in [2.75, 3.05) is 19.3 Å². The SMILES string of the molecule is CC(CN(C)C(=O)CSc1cccs1)C(=O)O. The molecule has 1 rings (SSSR count). The van der Waals surface area contributed by atoms with Gasteiger partial charge in [-0.1, -0.05) is 13.0 Å². The van der Waals surface area contributed by atoms with Gasteiger partial charge in [-0.15, -0.1) is 23.1 Å². The lowest BCUT2D eigenvalue weighted by atomic mass is 10.2. The number of amides is 1. The van der Waals surface area contributed by atoms with Crippen molar-refractivity contribution in [1.82, 2.24) is 4.90 Å². The van der Waals surface area contributed by atoms with Crippen molar-refractivity contribution in [3.63, 3.8) is 0 Å². The van der Waals surface area contributed by atoms with Crippen molar-refractivity contribution in [2.45, 2.75) is 11.1 Å². The highest BCUT2D eigenvalue weighted by molar-refractivity contribution is 8.01. The first-order valence-electron chi connectivity index (χ1n) is 5.13. The molecular weight excluding hydrogens is 258 g/mol. The molecule has 0 aliphatic carbocycles. The summed E-state index contributed by atoms with van der Waals surface area (Å²) < 4.78 is 1.10. The molecule has 0 saturated carbocycles. The number of hydrogen-bond donors (Lipinski definition) is 1. The van der Waals surface area contributed by atoms with Crippen molar-refractivity contribution in [1.29, 1.82) is 0 Å². The Kier molecular flexibility index (Phi) is 5.50. The summed E-state index contributed by atoms with van der Waals surface area (Å²) in [4.78, 5) is 23.8. The zero-order chi connectivity index (χ0) is 12.8. The number of rotatable bonds is 6. The van der Waals surface area contributed by atoms with Gasteiger partial charge in [-0.25, -0.2) is 0 Å². The summed E-state index contributed by atoms with van der Waals surface area (Å²) in [5, 5.41) is 10.7. The van der Waals surface area contributed by atoms with Gasteiger partial charge in [0.25, 0.3) is 0 Å². The molecule has 0 saturated heterocycles. The number of carboxylic acids is 1. The lowest BCUT2D eigenvalue weighted by molar-refractivity contribution is -0.142. The van der Waals surface area contributed by atoms with Crippen LogP contribution >= 0.6 is 23.1 Å². The molecule has 4 nitrogen and oxygen atoms in total. The van der Waals surface area contributed by atoms with Crippen LogP contribution in [-0.4, -0.2) is 41.2 Å². The summed E-state index contributed by atoms with van der Waals surface area (Å²) in [5.74, 6) is -1.11. The summed E-state index contributed by atoms with van der Waals surface area (Å²) >= 11 is 3.07. The number of hydrogen-bond acceptors (Lipinski definition) is 4. The van der Waals surface area contributed by atoms with Gasteiger partial charge in [-0.05, 0) is 11.4 Å². The standard InChI is InChI=1S/C11H15NO3S2/c1-8(11(14)15)6-12(2)9(13)7-17-10-4-3-5-16-10/h3-5,8H,6-7H2,1-2H3,(H,14,15). The first-order valence-corrected chi connectivity index (χ1v) is 7.00. The van der Waals surface area contributed by atoms with Crippen LogP contribution in [0, 0.1) is 5.92 Å². The second-order valence-electron chi connectivity index (χ2n) is 3.73. The van der Waals surface area contributed by atoms with Gasteiger partial charge in [-0.2, -0.15) is 0 Å². The van der Waals surface area contributed by atoms with Crippen LogP contribution in [0.2, 0.25) is 0 Å². The first-order chi connectivity index (χ1) is 8.00. The van der Waals surface area contributed by atoms with Gasteiger partial charge in [-0.3, -0.25) is 9.59 Å². The fourth-order valence-corrected chi connectivity index (χ4v) is 2.90. The smallest absolute Gasteiger partial charge is 0.308 e. The van der Waals surface area contributed by atoms with Gasteiger partial charge in [0.05, 0.1) is 15.9 Å². The molecule has 0 radical (unpaired) electrons. The molecule has 1 aromatic heterocycles. The minimum absolute atomic E-state index is 0.0449. The van der Waals surface area contributed by atoms with Crippen LogP contribution in [0.3, 0.4) is 0 Å². The van der Waals surface area contributed by atoms with E-state index in [0.29, 0.717) is 5.75 Å². The molecule has 1 atom stereocenters. The minimum Gasteiger partial charge on any atom is -0.481 e. The number of thioether (sulfide) groups is 1. The number of carboxylic acid groups (broad SMARTS) is 1. The fraction of sp³-hybridized carbons (Fsp3) is 0.455. The molecule has 1 amide bonds. The van der Waals surface area contributed by atoms with Crippen LogP contribution in [0.25, 0.3) is 0 Å². The molecule has 0 aliphatic heterocycles.